The van der Waals surface area contributed by atoms with Crippen LogP contribution in [0.2, 0.25) is 5.02 Å². The highest BCUT2D eigenvalue weighted by atomic mass is 35.5. The molecule has 2 aliphatic heterocycles. The topological polar surface area (TPSA) is 184 Å². The van der Waals surface area contributed by atoms with Crippen LogP contribution < -0.4 is 21.1 Å². The average Bonchev–Trinajstić information content (AvgIpc) is 2.94. The fourth-order valence-electron chi connectivity index (χ4n) is 4.88. The number of aliphatic carboxylic acids is 2. The molecule has 2 aliphatic rings. The number of piperidine rings is 2. The molecule has 0 aliphatic carbocycles. The summed E-state index contributed by atoms with van der Waals surface area (Å²) in [4.78, 5) is 48.6. The van der Waals surface area contributed by atoms with Crippen LogP contribution in [0.3, 0.4) is 0 Å². The molecule has 0 radical (unpaired) electrons. The van der Waals surface area contributed by atoms with Crippen LogP contribution in [0.1, 0.15) is 43.5 Å². The molecular formula is C28H42ClN5O8. The summed E-state index contributed by atoms with van der Waals surface area (Å²) in [5, 5.41) is 22.0. The molecule has 0 unspecified atom stereocenters. The number of ether oxygens (including phenoxy) is 2. The van der Waals surface area contributed by atoms with Gasteiger partial charge >= 0.3 is 18.0 Å². The van der Waals surface area contributed by atoms with E-state index in [0.29, 0.717) is 40.1 Å². The minimum absolute atomic E-state index is 0.0310. The van der Waals surface area contributed by atoms with Crippen LogP contribution in [0.5, 0.6) is 5.75 Å². The number of nitrogens with zero attached hydrogens (tertiary/aromatic N) is 2. The van der Waals surface area contributed by atoms with E-state index < -0.39 is 11.9 Å². The Hall–Kier alpha value is -3.55. The summed E-state index contributed by atoms with van der Waals surface area (Å²) in [7, 11) is 3.18. The second kappa shape index (κ2) is 16.8. The van der Waals surface area contributed by atoms with Gasteiger partial charge in [-0.3, -0.25) is 4.79 Å². The van der Waals surface area contributed by atoms with E-state index in [4.69, 9.17) is 37.0 Å². The Kier molecular flexibility index (Phi) is 13.8. The molecule has 1 aromatic carbocycles. The molecule has 42 heavy (non-hydrogen) atoms. The molecule has 3 rings (SSSR count). The lowest BCUT2D eigenvalue weighted by atomic mass is 9.94. The number of hydrogen-bond acceptors (Lipinski definition) is 8. The molecule has 1 aromatic rings. The number of rotatable bonds is 9. The van der Waals surface area contributed by atoms with E-state index in [-0.39, 0.29) is 30.1 Å². The minimum atomic E-state index is -1.26. The molecule has 2 saturated heterocycles. The van der Waals surface area contributed by atoms with Gasteiger partial charge in [0, 0.05) is 64.1 Å². The number of nitrogens with one attached hydrogen (secondary N) is 2. The smallest absolute Gasteiger partial charge is 0.328 e. The van der Waals surface area contributed by atoms with E-state index in [1.54, 1.807) is 13.2 Å². The van der Waals surface area contributed by atoms with Crippen LogP contribution >= 0.6 is 11.6 Å². The highest BCUT2D eigenvalue weighted by Crippen LogP contribution is 2.29. The molecule has 234 valence electrons. The van der Waals surface area contributed by atoms with Crippen LogP contribution in [0.4, 0.5) is 10.5 Å². The van der Waals surface area contributed by atoms with E-state index >= 15 is 0 Å². The van der Waals surface area contributed by atoms with Crippen molar-refractivity contribution in [3.05, 3.63) is 34.9 Å². The van der Waals surface area contributed by atoms with Gasteiger partial charge in [-0.05, 0) is 45.1 Å². The minimum Gasteiger partial charge on any atom is -0.496 e. The van der Waals surface area contributed by atoms with Crippen molar-refractivity contribution >= 4 is 41.2 Å². The number of halogens is 1. The summed E-state index contributed by atoms with van der Waals surface area (Å²) < 4.78 is 11.1. The Bertz CT molecular complexity index is 1110. The first-order chi connectivity index (χ1) is 19.8. The number of methoxy groups -OCH3 is 2. The summed E-state index contributed by atoms with van der Waals surface area (Å²) >= 11 is 6.13. The zero-order valence-electron chi connectivity index (χ0n) is 24.5. The van der Waals surface area contributed by atoms with Crippen LogP contribution in [0.15, 0.2) is 24.3 Å². The fraction of sp³-hybridized carbons (Fsp3) is 0.571. The quantitative estimate of drug-likeness (QED) is 0.205. The summed E-state index contributed by atoms with van der Waals surface area (Å²) in [5.74, 6) is -1.83. The monoisotopic (exact) mass is 611 g/mol. The van der Waals surface area contributed by atoms with Crippen molar-refractivity contribution in [2.24, 2.45) is 5.92 Å². The standard InChI is InChI=1S/C24H38ClN5O4.C4H4O4/c1-15(2)27-24(32)30-9-5-16(6-10-30)13-29-8-7-20(22(14-29)34-4)28-23(31)17-11-18(25)19(26)12-21(17)33-3;5-3(6)1-2-4(7)8/h11-12,15-16,20,22H,5-10,13-14,26H2,1-4H3,(H,27,32)(H,28,31);1-2H,(H,5,6)(H,7,8)/t20-,22+;/m0./s1. The molecule has 2 atom stereocenters. The Labute approximate surface area is 250 Å². The Morgan fingerprint density at radius 1 is 1.07 bits per heavy atom. The number of carboxylic acids is 2. The Morgan fingerprint density at radius 3 is 2.21 bits per heavy atom. The van der Waals surface area contributed by atoms with E-state index in [0.717, 1.165) is 52.0 Å². The second-order valence-electron chi connectivity index (χ2n) is 10.5. The van der Waals surface area contributed by atoms with Crippen molar-refractivity contribution < 1.29 is 38.9 Å². The van der Waals surface area contributed by atoms with Crippen LogP contribution in [0, 0.1) is 5.92 Å². The van der Waals surface area contributed by atoms with Gasteiger partial charge in [0.15, 0.2) is 0 Å². The molecule has 0 aromatic heterocycles. The van der Waals surface area contributed by atoms with Crippen molar-refractivity contribution in [3.63, 3.8) is 0 Å². The summed E-state index contributed by atoms with van der Waals surface area (Å²) in [6.07, 6.45) is 3.77. The first-order valence-corrected chi connectivity index (χ1v) is 14.1. The lowest BCUT2D eigenvalue weighted by molar-refractivity contribution is -0.134. The number of carbonyl (C=O) groups excluding carboxylic acids is 2. The van der Waals surface area contributed by atoms with E-state index in [9.17, 15) is 19.2 Å². The van der Waals surface area contributed by atoms with Crippen LogP contribution in [0.25, 0.3) is 0 Å². The first-order valence-electron chi connectivity index (χ1n) is 13.7. The normalized spacial score (nSPS) is 19.6. The highest BCUT2D eigenvalue weighted by Gasteiger charge is 2.33. The number of anilines is 1. The molecule has 2 fully saturated rings. The molecule has 14 heteroatoms. The van der Waals surface area contributed by atoms with E-state index in [2.05, 4.69) is 15.5 Å². The third kappa shape index (κ3) is 11.0. The van der Waals surface area contributed by atoms with E-state index in [1.807, 2.05) is 18.7 Å². The summed E-state index contributed by atoms with van der Waals surface area (Å²) in [5.41, 5.74) is 6.55. The number of hydrogen-bond donors (Lipinski definition) is 5. The predicted octanol–water partition coefficient (Wildman–Crippen LogP) is 2.29. The van der Waals surface area contributed by atoms with Gasteiger partial charge in [0.1, 0.15) is 5.75 Å². The van der Waals surface area contributed by atoms with Crippen molar-refractivity contribution in [2.75, 3.05) is 52.7 Å². The van der Waals surface area contributed by atoms with Crippen molar-refractivity contribution in [3.8, 4) is 5.75 Å². The molecule has 2 heterocycles. The van der Waals surface area contributed by atoms with Gasteiger partial charge in [-0.1, -0.05) is 11.6 Å². The van der Waals surface area contributed by atoms with Gasteiger partial charge in [0.2, 0.25) is 0 Å². The van der Waals surface area contributed by atoms with Gasteiger partial charge in [0.05, 0.1) is 35.5 Å². The van der Waals surface area contributed by atoms with Gasteiger partial charge < -0.3 is 45.9 Å². The Morgan fingerprint density at radius 2 is 1.69 bits per heavy atom. The Balaban J connectivity index is 0.000000675. The predicted molar refractivity (Wildman–Crippen MR) is 158 cm³/mol. The van der Waals surface area contributed by atoms with Gasteiger partial charge in [0.25, 0.3) is 5.91 Å². The van der Waals surface area contributed by atoms with Crippen LogP contribution in [-0.2, 0) is 14.3 Å². The highest BCUT2D eigenvalue weighted by molar-refractivity contribution is 6.33. The number of amides is 3. The maximum absolute atomic E-state index is 13.0. The molecule has 0 saturated carbocycles. The lowest BCUT2D eigenvalue weighted by Crippen LogP contribution is -2.56. The van der Waals surface area contributed by atoms with Crippen molar-refractivity contribution in [2.45, 2.75) is 51.3 Å². The van der Waals surface area contributed by atoms with Crippen LogP contribution in [-0.4, -0.2) is 109 Å². The maximum atomic E-state index is 13.0. The SMILES string of the molecule is COc1cc(N)c(Cl)cc1C(=O)N[C@H]1CCN(CC2CCN(C(=O)NC(C)C)CC2)C[C@H]1OC.O=C(O)C=CC(=O)O. The zero-order valence-corrected chi connectivity index (χ0v) is 25.2. The number of carboxylic acid groups (broad SMARTS) is 2. The summed E-state index contributed by atoms with van der Waals surface area (Å²) in [6.45, 7) is 8.12. The molecule has 6 N–H and O–H groups in total. The molecule has 0 spiro atoms. The number of likely N-dealkylation sites (tertiary alicyclic amines) is 2. The third-order valence-corrected chi connectivity index (χ3v) is 7.35. The fourth-order valence-corrected chi connectivity index (χ4v) is 5.04. The molecular weight excluding hydrogens is 570 g/mol. The lowest BCUT2D eigenvalue weighted by Gasteiger charge is -2.41. The maximum Gasteiger partial charge on any atom is 0.328 e. The molecule has 13 nitrogen and oxygen atoms in total. The second-order valence-corrected chi connectivity index (χ2v) is 10.9. The number of nitrogens with two attached hydrogens (primary N) is 1. The third-order valence-electron chi connectivity index (χ3n) is 7.02. The van der Waals surface area contributed by atoms with Crippen molar-refractivity contribution in [1.29, 1.82) is 0 Å². The number of benzene rings is 1. The number of nitrogen functional groups attached to an aromatic ring is 1. The van der Waals surface area contributed by atoms with Gasteiger partial charge in [-0.25, -0.2) is 14.4 Å². The first kappa shape index (κ1) is 34.7. The van der Waals surface area contributed by atoms with E-state index in [1.165, 1.54) is 13.2 Å². The van der Waals surface area contributed by atoms with Gasteiger partial charge in [-0.15, -0.1) is 0 Å². The molecule has 3 amide bonds. The summed E-state index contributed by atoms with van der Waals surface area (Å²) in [6, 6.07) is 3.16. The largest absolute Gasteiger partial charge is 0.496 e. The number of carbonyl (C=O) groups is 4. The zero-order chi connectivity index (χ0) is 31.4. The van der Waals surface area contributed by atoms with Crippen molar-refractivity contribution in [1.82, 2.24) is 20.4 Å². The molecule has 0 bridgehead atoms. The number of urea groups is 1. The average molecular weight is 612 g/mol. The van der Waals surface area contributed by atoms with Gasteiger partial charge in [-0.2, -0.15) is 0 Å².